The normalized spacial score (nSPS) is 11.0. The Bertz CT molecular complexity index is 737. The van der Waals surface area contributed by atoms with Crippen molar-refractivity contribution in [3.05, 3.63) is 41.2 Å². The van der Waals surface area contributed by atoms with Gasteiger partial charge in [-0.25, -0.2) is 5.43 Å². The maximum atomic E-state index is 11.8. The molecular weight excluding hydrogens is 308 g/mol. The zero-order valence-corrected chi connectivity index (χ0v) is 14.1. The van der Waals surface area contributed by atoms with Crippen LogP contribution in [0.4, 0.5) is 0 Å². The molecule has 0 radical (unpaired) electrons. The number of amides is 1. The SMILES string of the molecule is CCOc1cc(C=NNC(=O)CCn2nc(C)cc2C)ccc1O. The van der Waals surface area contributed by atoms with Gasteiger partial charge in [-0.15, -0.1) is 0 Å². The van der Waals surface area contributed by atoms with Gasteiger partial charge >= 0.3 is 0 Å². The number of carbonyl (C=O) groups is 1. The topological polar surface area (TPSA) is 88.7 Å². The molecule has 0 saturated heterocycles. The lowest BCUT2D eigenvalue weighted by molar-refractivity contribution is -0.121. The third-order valence-electron chi connectivity index (χ3n) is 3.34. The van der Waals surface area contributed by atoms with Gasteiger partial charge in [0.15, 0.2) is 11.5 Å². The first kappa shape index (κ1) is 17.5. The van der Waals surface area contributed by atoms with Gasteiger partial charge in [-0.2, -0.15) is 10.2 Å². The lowest BCUT2D eigenvalue weighted by Gasteiger charge is -2.06. The first-order valence-corrected chi connectivity index (χ1v) is 7.78. The van der Waals surface area contributed by atoms with Crippen molar-refractivity contribution >= 4 is 12.1 Å². The number of hydrazone groups is 1. The fourth-order valence-corrected chi connectivity index (χ4v) is 2.23. The minimum atomic E-state index is -0.192. The molecule has 1 amide bonds. The average molecular weight is 330 g/mol. The molecule has 2 aromatic rings. The molecular formula is C17H22N4O3. The van der Waals surface area contributed by atoms with E-state index in [2.05, 4.69) is 15.6 Å². The third kappa shape index (κ3) is 4.84. The van der Waals surface area contributed by atoms with Crippen molar-refractivity contribution in [2.45, 2.75) is 33.7 Å². The van der Waals surface area contributed by atoms with Gasteiger partial charge in [-0.05, 0) is 50.6 Å². The van der Waals surface area contributed by atoms with Crippen LogP contribution in [0.15, 0.2) is 29.4 Å². The van der Waals surface area contributed by atoms with E-state index in [1.165, 1.54) is 12.3 Å². The number of aromatic nitrogens is 2. The van der Waals surface area contributed by atoms with Crippen molar-refractivity contribution in [1.82, 2.24) is 15.2 Å². The predicted molar refractivity (Wildman–Crippen MR) is 91.3 cm³/mol. The van der Waals surface area contributed by atoms with Crippen molar-refractivity contribution in [3.63, 3.8) is 0 Å². The molecule has 0 unspecified atom stereocenters. The summed E-state index contributed by atoms with van der Waals surface area (Å²) in [5.41, 5.74) is 5.16. The van der Waals surface area contributed by atoms with E-state index < -0.39 is 0 Å². The molecule has 0 aliphatic heterocycles. The van der Waals surface area contributed by atoms with Gasteiger partial charge in [0, 0.05) is 12.1 Å². The zero-order chi connectivity index (χ0) is 17.5. The molecule has 2 N–H and O–H groups in total. The second kappa shape index (κ2) is 8.14. The number of nitrogens with one attached hydrogen (secondary N) is 1. The smallest absolute Gasteiger partial charge is 0.241 e. The molecule has 0 fully saturated rings. The second-order valence-corrected chi connectivity index (χ2v) is 5.35. The number of nitrogens with zero attached hydrogens (tertiary/aromatic N) is 3. The van der Waals surface area contributed by atoms with Crippen molar-refractivity contribution in [2.24, 2.45) is 5.10 Å². The first-order chi connectivity index (χ1) is 11.5. The summed E-state index contributed by atoms with van der Waals surface area (Å²) >= 11 is 0. The Balaban J connectivity index is 1.86. The highest BCUT2D eigenvalue weighted by Crippen LogP contribution is 2.26. The van der Waals surface area contributed by atoms with Crippen LogP contribution in [0.1, 0.15) is 30.3 Å². The summed E-state index contributed by atoms with van der Waals surface area (Å²) in [5, 5.41) is 17.9. The largest absolute Gasteiger partial charge is 0.504 e. The molecule has 0 bridgehead atoms. The summed E-state index contributed by atoms with van der Waals surface area (Å²) in [4.78, 5) is 11.8. The number of benzene rings is 1. The Morgan fingerprint density at radius 3 is 2.88 bits per heavy atom. The number of hydrogen-bond donors (Lipinski definition) is 2. The Hall–Kier alpha value is -2.83. The monoisotopic (exact) mass is 330 g/mol. The summed E-state index contributed by atoms with van der Waals surface area (Å²) in [7, 11) is 0. The summed E-state index contributed by atoms with van der Waals surface area (Å²) < 4.78 is 7.10. The van der Waals surface area contributed by atoms with Gasteiger partial charge in [-0.3, -0.25) is 9.48 Å². The van der Waals surface area contributed by atoms with E-state index in [4.69, 9.17) is 4.74 Å². The van der Waals surface area contributed by atoms with E-state index in [-0.39, 0.29) is 11.7 Å². The van der Waals surface area contributed by atoms with Crippen molar-refractivity contribution in [3.8, 4) is 11.5 Å². The number of aryl methyl sites for hydroxylation is 3. The minimum Gasteiger partial charge on any atom is -0.504 e. The van der Waals surface area contributed by atoms with Crippen LogP contribution in [0.2, 0.25) is 0 Å². The van der Waals surface area contributed by atoms with Crippen LogP contribution in [0.3, 0.4) is 0 Å². The number of hydrogen-bond acceptors (Lipinski definition) is 5. The molecule has 128 valence electrons. The van der Waals surface area contributed by atoms with E-state index in [1.54, 1.807) is 16.8 Å². The van der Waals surface area contributed by atoms with Gasteiger partial charge in [-0.1, -0.05) is 0 Å². The standard InChI is InChI=1S/C17H22N4O3/c1-4-24-16-10-14(5-6-15(16)22)11-18-19-17(23)7-8-21-13(3)9-12(2)20-21/h5-6,9-11,22H,4,7-8H2,1-3H3,(H,19,23). The minimum absolute atomic E-state index is 0.0721. The van der Waals surface area contributed by atoms with Crippen LogP contribution in [-0.4, -0.2) is 33.6 Å². The summed E-state index contributed by atoms with van der Waals surface area (Å²) in [6.07, 6.45) is 1.79. The number of phenolic OH excluding ortho intramolecular Hbond substituents is 1. The van der Waals surface area contributed by atoms with Crippen molar-refractivity contribution < 1.29 is 14.6 Å². The van der Waals surface area contributed by atoms with Crippen LogP contribution >= 0.6 is 0 Å². The van der Waals surface area contributed by atoms with Crippen LogP contribution in [-0.2, 0) is 11.3 Å². The summed E-state index contributed by atoms with van der Waals surface area (Å²) in [6, 6.07) is 6.83. The Kier molecular flexibility index (Phi) is 5.95. The Morgan fingerprint density at radius 2 is 2.21 bits per heavy atom. The molecule has 7 heteroatoms. The quantitative estimate of drug-likeness (QED) is 0.601. The fraction of sp³-hybridized carbons (Fsp3) is 0.353. The lowest BCUT2D eigenvalue weighted by Crippen LogP contribution is -2.20. The maximum Gasteiger partial charge on any atom is 0.241 e. The highest BCUT2D eigenvalue weighted by molar-refractivity contribution is 5.83. The Labute approximate surface area is 140 Å². The average Bonchev–Trinajstić information content (AvgIpc) is 2.86. The van der Waals surface area contributed by atoms with E-state index in [9.17, 15) is 9.90 Å². The van der Waals surface area contributed by atoms with E-state index in [0.717, 1.165) is 17.0 Å². The van der Waals surface area contributed by atoms with E-state index in [1.807, 2.05) is 26.8 Å². The van der Waals surface area contributed by atoms with Gasteiger partial charge in [0.05, 0.1) is 25.1 Å². The number of ether oxygens (including phenoxy) is 1. The van der Waals surface area contributed by atoms with Gasteiger partial charge in [0.25, 0.3) is 0 Å². The third-order valence-corrected chi connectivity index (χ3v) is 3.34. The van der Waals surface area contributed by atoms with Crippen molar-refractivity contribution in [1.29, 1.82) is 0 Å². The lowest BCUT2D eigenvalue weighted by atomic mass is 10.2. The summed E-state index contributed by atoms with van der Waals surface area (Å²) in [5.74, 6) is 0.267. The molecule has 1 aromatic carbocycles. The predicted octanol–water partition coefficient (Wildman–Crippen LogP) is 2.14. The highest BCUT2D eigenvalue weighted by atomic mass is 16.5. The van der Waals surface area contributed by atoms with Crippen LogP contribution < -0.4 is 10.2 Å². The molecule has 1 heterocycles. The molecule has 0 saturated carbocycles. The van der Waals surface area contributed by atoms with E-state index in [0.29, 0.717) is 25.3 Å². The number of rotatable bonds is 7. The fourth-order valence-electron chi connectivity index (χ4n) is 2.23. The molecule has 7 nitrogen and oxygen atoms in total. The van der Waals surface area contributed by atoms with Crippen LogP contribution in [0.25, 0.3) is 0 Å². The zero-order valence-electron chi connectivity index (χ0n) is 14.1. The number of phenols is 1. The molecule has 1 aromatic heterocycles. The molecule has 0 spiro atoms. The molecule has 0 aliphatic carbocycles. The van der Waals surface area contributed by atoms with Gasteiger partial charge in [0.2, 0.25) is 5.91 Å². The summed E-state index contributed by atoms with van der Waals surface area (Å²) in [6.45, 7) is 6.67. The molecule has 0 aliphatic rings. The van der Waals surface area contributed by atoms with Gasteiger partial charge < -0.3 is 9.84 Å². The molecule has 0 atom stereocenters. The Morgan fingerprint density at radius 1 is 1.42 bits per heavy atom. The number of aromatic hydroxyl groups is 1. The molecule has 2 rings (SSSR count). The highest BCUT2D eigenvalue weighted by Gasteiger charge is 2.05. The van der Waals surface area contributed by atoms with Crippen LogP contribution in [0.5, 0.6) is 11.5 Å². The van der Waals surface area contributed by atoms with Crippen LogP contribution in [0, 0.1) is 13.8 Å². The second-order valence-electron chi connectivity index (χ2n) is 5.35. The van der Waals surface area contributed by atoms with E-state index >= 15 is 0 Å². The first-order valence-electron chi connectivity index (χ1n) is 7.78. The number of carbonyl (C=O) groups excluding carboxylic acids is 1. The van der Waals surface area contributed by atoms with Gasteiger partial charge in [0.1, 0.15) is 0 Å². The molecule has 24 heavy (non-hydrogen) atoms. The maximum absolute atomic E-state index is 11.8. The van der Waals surface area contributed by atoms with Crippen molar-refractivity contribution in [2.75, 3.05) is 6.61 Å².